The van der Waals surface area contributed by atoms with Gasteiger partial charge in [0.25, 0.3) is 0 Å². The number of nitrogens with one attached hydrogen (secondary N) is 1. The van der Waals surface area contributed by atoms with Gasteiger partial charge in [0.05, 0.1) is 12.0 Å². The highest BCUT2D eigenvalue weighted by Gasteiger charge is 2.10. The van der Waals surface area contributed by atoms with Crippen LogP contribution in [0.15, 0.2) is 24.5 Å². The molecule has 0 aliphatic rings. The number of hydrogen-bond donors (Lipinski definition) is 1. The molecule has 0 atom stereocenters. The molecule has 0 saturated heterocycles. The van der Waals surface area contributed by atoms with E-state index in [1.807, 2.05) is 13.0 Å². The standard InChI is InChI=1S/C13H13FN2S/c1-3-9-12(15-7-16-13(9)17)10-5-4-6-11(14)8(10)2/h4-7H,3H2,1-2H3,(H,15,16,17). The molecule has 0 radical (unpaired) electrons. The molecule has 0 aliphatic heterocycles. The highest BCUT2D eigenvalue weighted by Crippen LogP contribution is 2.26. The fourth-order valence-corrected chi connectivity index (χ4v) is 2.17. The summed E-state index contributed by atoms with van der Waals surface area (Å²) in [6, 6.07) is 5.05. The van der Waals surface area contributed by atoms with Gasteiger partial charge in [0.15, 0.2) is 0 Å². The first-order valence-electron chi connectivity index (χ1n) is 5.47. The molecule has 1 N–H and O–H groups in total. The quantitative estimate of drug-likeness (QED) is 0.818. The van der Waals surface area contributed by atoms with E-state index in [4.69, 9.17) is 12.2 Å². The zero-order chi connectivity index (χ0) is 12.4. The third kappa shape index (κ3) is 2.13. The van der Waals surface area contributed by atoms with Gasteiger partial charge in [-0.2, -0.15) is 0 Å². The summed E-state index contributed by atoms with van der Waals surface area (Å²) in [4.78, 5) is 7.12. The van der Waals surface area contributed by atoms with E-state index in [0.717, 1.165) is 23.2 Å². The van der Waals surface area contributed by atoms with Crippen LogP contribution in [0.4, 0.5) is 4.39 Å². The van der Waals surface area contributed by atoms with E-state index in [-0.39, 0.29) is 5.82 Å². The van der Waals surface area contributed by atoms with E-state index in [1.54, 1.807) is 19.3 Å². The summed E-state index contributed by atoms with van der Waals surface area (Å²) in [5.74, 6) is -0.208. The van der Waals surface area contributed by atoms with Gasteiger partial charge in [-0.15, -0.1) is 0 Å². The number of halogens is 1. The number of aromatic nitrogens is 2. The fourth-order valence-electron chi connectivity index (χ4n) is 1.87. The van der Waals surface area contributed by atoms with Crippen molar-refractivity contribution in [2.24, 2.45) is 0 Å². The number of H-pyrrole nitrogens is 1. The average Bonchev–Trinajstić information content (AvgIpc) is 2.32. The maximum Gasteiger partial charge on any atom is 0.133 e. The first-order chi connectivity index (χ1) is 8.15. The van der Waals surface area contributed by atoms with Gasteiger partial charge in [-0.05, 0) is 25.0 Å². The SMILES string of the molecule is CCc1c(-c2cccc(F)c2C)[nH]cnc1=S. The van der Waals surface area contributed by atoms with E-state index in [1.165, 1.54) is 6.07 Å². The van der Waals surface area contributed by atoms with Crippen molar-refractivity contribution in [3.8, 4) is 11.3 Å². The number of nitrogens with zero attached hydrogens (tertiary/aromatic N) is 1. The Balaban J connectivity index is 2.73. The number of benzene rings is 1. The lowest BCUT2D eigenvalue weighted by molar-refractivity contribution is 0.619. The number of aromatic amines is 1. The summed E-state index contributed by atoms with van der Waals surface area (Å²) >= 11 is 5.19. The Morgan fingerprint density at radius 1 is 1.41 bits per heavy atom. The second kappa shape index (κ2) is 4.75. The van der Waals surface area contributed by atoms with Gasteiger partial charge in [-0.25, -0.2) is 9.37 Å². The topological polar surface area (TPSA) is 28.7 Å². The molecule has 88 valence electrons. The van der Waals surface area contributed by atoms with Gasteiger partial charge in [-0.1, -0.05) is 31.3 Å². The lowest BCUT2D eigenvalue weighted by Gasteiger charge is -2.10. The van der Waals surface area contributed by atoms with Crippen LogP contribution in [0.25, 0.3) is 11.3 Å². The summed E-state index contributed by atoms with van der Waals surface area (Å²) in [6.45, 7) is 3.78. The van der Waals surface area contributed by atoms with Crippen molar-refractivity contribution in [3.05, 3.63) is 46.1 Å². The number of hydrogen-bond acceptors (Lipinski definition) is 2. The Bertz CT molecular complexity index is 605. The molecule has 0 fully saturated rings. The average molecular weight is 248 g/mol. The minimum absolute atomic E-state index is 0.208. The summed E-state index contributed by atoms with van der Waals surface area (Å²) in [5, 5.41) is 0. The number of rotatable bonds is 2. The summed E-state index contributed by atoms with van der Waals surface area (Å²) in [5.41, 5.74) is 3.29. The predicted molar refractivity (Wildman–Crippen MR) is 68.9 cm³/mol. The van der Waals surface area contributed by atoms with Crippen LogP contribution in [-0.2, 0) is 6.42 Å². The van der Waals surface area contributed by atoms with Gasteiger partial charge < -0.3 is 4.98 Å². The normalized spacial score (nSPS) is 10.5. The first-order valence-corrected chi connectivity index (χ1v) is 5.88. The van der Waals surface area contributed by atoms with Crippen LogP contribution in [0.1, 0.15) is 18.1 Å². The fraction of sp³-hybridized carbons (Fsp3) is 0.231. The Hall–Kier alpha value is -1.55. The molecule has 0 aliphatic carbocycles. The zero-order valence-electron chi connectivity index (χ0n) is 9.75. The molecule has 2 rings (SSSR count). The molecule has 1 heterocycles. The molecule has 1 aromatic heterocycles. The molecule has 4 heteroatoms. The third-order valence-corrected chi connectivity index (χ3v) is 3.19. The van der Waals surface area contributed by atoms with Gasteiger partial charge in [0, 0.05) is 11.1 Å². The summed E-state index contributed by atoms with van der Waals surface area (Å²) < 4.78 is 14.1. The van der Waals surface area contributed by atoms with Gasteiger partial charge in [0.1, 0.15) is 10.5 Å². The van der Waals surface area contributed by atoms with Crippen molar-refractivity contribution in [2.45, 2.75) is 20.3 Å². The Morgan fingerprint density at radius 3 is 2.88 bits per heavy atom. The van der Waals surface area contributed by atoms with Gasteiger partial charge in [-0.3, -0.25) is 0 Å². The predicted octanol–water partition coefficient (Wildman–Crippen LogP) is 3.82. The van der Waals surface area contributed by atoms with Gasteiger partial charge in [0.2, 0.25) is 0 Å². The van der Waals surface area contributed by atoms with Crippen molar-refractivity contribution in [1.82, 2.24) is 9.97 Å². The molecule has 2 nitrogen and oxygen atoms in total. The molecular weight excluding hydrogens is 235 g/mol. The van der Waals surface area contributed by atoms with E-state index < -0.39 is 0 Å². The molecule has 0 saturated carbocycles. The van der Waals surface area contributed by atoms with Crippen LogP contribution in [0, 0.1) is 17.4 Å². The van der Waals surface area contributed by atoms with Crippen molar-refractivity contribution in [1.29, 1.82) is 0 Å². The first kappa shape index (κ1) is 11.9. The molecular formula is C13H13FN2S. The largest absolute Gasteiger partial charge is 0.346 e. The second-order valence-electron chi connectivity index (χ2n) is 3.83. The maximum atomic E-state index is 13.5. The van der Waals surface area contributed by atoms with Gasteiger partial charge >= 0.3 is 0 Å². The van der Waals surface area contributed by atoms with E-state index in [0.29, 0.717) is 10.2 Å². The monoisotopic (exact) mass is 248 g/mol. The van der Waals surface area contributed by atoms with Crippen LogP contribution >= 0.6 is 12.2 Å². The van der Waals surface area contributed by atoms with Crippen LogP contribution in [0.2, 0.25) is 0 Å². The Kier molecular flexibility index (Phi) is 3.33. The van der Waals surface area contributed by atoms with Crippen molar-refractivity contribution < 1.29 is 4.39 Å². The van der Waals surface area contributed by atoms with Crippen molar-refractivity contribution in [3.63, 3.8) is 0 Å². The molecule has 0 bridgehead atoms. The zero-order valence-corrected chi connectivity index (χ0v) is 10.6. The third-order valence-electron chi connectivity index (χ3n) is 2.84. The summed E-state index contributed by atoms with van der Waals surface area (Å²) in [7, 11) is 0. The molecule has 0 unspecified atom stereocenters. The second-order valence-corrected chi connectivity index (χ2v) is 4.21. The van der Waals surface area contributed by atoms with E-state index >= 15 is 0 Å². The van der Waals surface area contributed by atoms with Crippen LogP contribution in [0.3, 0.4) is 0 Å². The van der Waals surface area contributed by atoms with E-state index in [2.05, 4.69) is 9.97 Å². The Labute approximate surface area is 105 Å². The van der Waals surface area contributed by atoms with E-state index in [9.17, 15) is 4.39 Å². The maximum absolute atomic E-state index is 13.5. The molecule has 1 aromatic carbocycles. The lowest BCUT2D eigenvalue weighted by Crippen LogP contribution is -1.98. The lowest BCUT2D eigenvalue weighted by atomic mass is 10.0. The molecule has 0 amide bonds. The minimum Gasteiger partial charge on any atom is -0.346 e. The smallest absolute Gasteiger partial charge is 0.133 e. The van der Waals surface area contributed by atoms with Crippen LogP contribution in [0.5, 0.6) is 0 Å². The highest BCUT2D eigenvalue weighted by atomic mass is 32.1. The summed E-state index contributed by atoms with van der Waals surface area (Å²) in [6.07, 6.45) is 2.33. The molecule has 17 heavy (non-hydrogen) atoms. The highest BCUT2D eigenvalue weighted by molar-refractivity contribution is 7.71. The van der Waals surface area contributed by atoms with Crippen LogP contribution in [-0.4, -0.2) is 9.97 Å². The van der Waals surface area contributed by atoms with Crippen molar-refractivity contribution in [2.75, 3.05) is 0 Å². The minimum atomic E-state index is -0.208. The molecule has 0 spiro atoms. The van der Waals surface area contributed by atoms with Crippen LogP contribution < -0.4 is 0 Å². The van der Waals surface area contributed by atoms with Crippen molar-refractivity contribution >= 4 is 12.2 Å². The molecule has 2 aromatic rings. The Morgan fingerprint density at radius 2 is 2.18 bits per heavy atom.